The van der Waals surface area contributed by atoms with Crippen LogP contribution in [0.2, 0.25) is 0 Å². The maximum absolute atomic E-state index is 11.9. The van der Waals surface area contributed by atoms with Gasteiger partial charge >= 0.3 is 5.97 Å². The maximum Gasteiger partial charge on any atom is 0.326 e. The summed E-state index contributed by atoms with van der Waals surface area (Å²) in [6.45, 7) is 1.86. The molecule has 2 aromatic heterocycles. The Kier molecular flexibility index (Phi) is 4.08. The highest BCUT2D eigenvalue weighted by Crippen LogP contribution is 2.01. The lowest BCUT2D eigenvalue weighted by Crippen LogP contribution is -2.42. The Morgan fingerprint density at radius 1 is 1.50 bits per heavy atom. The summed E-state index contributed by atoms with van der Waals surface area (Å²) in [7, 11) is 0. The number of carboxylic acid groups (broad SMARTS) is 1. The number of nitrogens with zero attached hydrogens (tertiary/aromatic N) is 3. The Balaban J connectivity index is 2.04. The monoisotopic (exact) mass is 278 g/mol. The molecule has 0 saturated carbocycles. The molecular formula is C11H14N6O3. The Bertz CT molecular complexity index is 591. The van der Waals surface area contributed by atoms with E-state index in [-0.39, 0.29) is 12.2 Å². The zero-order valence-electron chi connectivity index (χ0n) is 10.8. The summed E-state index contributed by atoms with van der Waals surface area (Å²) in [6, 6.07) is -1.08. The van der Waals surface area contributed by atoms with E-state index in [0.29, 0.717) is 17.9 Å². The summed E-state index contributed by atoms with van der Waals surface area (Å²) in [5.74, 6) is -1.28. The Morgan fingerprint density at radius 3 is 2.85 bits per heavy atom. The number of nitrogens with one attached hydrogen (secondary N) is 3. The molecule has 0 aliphatic heterocycles. The molecule has 0 bridgehead atoms. The molecule has 0 unspecified atom stereocenters. The third kappa shape index (κ3) is 3.19. The number of carbonyl (C=O) groups excluding carboxylic acids is 1. The van der Waals surface area contributed by atoms with E-state index in [1.165, 1.54) is 12.5 Å². The molecule has 0 aliphatic rings. The van der Waals surface area contributed by atoms with Gasteiger partial charge in [0.15, 0.2) is 0 Å². The third-order valence-corrected chi connectivity index (χ3v) is 2.65. The number of aromatic amines is 2. The van der Waals surface area contributed by atoms with Crippen molar-refractivity contribution in [1.29, 1.82) is 0 Å². The first-order valence-corrected chi connectivity index (χ1v) is 6.02. The molecule has 2 rings (SSSR count). The predicted octanol–water partition coefficient (Wildman–Crippen LogP) is -0.484. The van der Waals surface area contributed by atoms with Crippen LogP contribution < -0.4 is 5.32 Å². The van der Waals surface area contributed by atoms with E-state index in [2.05, 4.69) is 30.5 Å². The van der Waals surface area contributed by atoms with E-state index < -0.39 is 17.9 Å². The molecular weight excluding hydrogens is 264 g/mol. The van der Waals surface area contributed by atoms with Crippen molar-refractivity contribution in [2.45, 2.75) is 25.8 Å². The normalized spacial score (nSPS) is 12.1. The van der Waals surface area contributed by atoms with Gasteiger partial charge in [-0.15, -0.1) is 5.10 Å². The summed E-state index contributed by atoms with van der Waals surface area (Å²) >= 11 is 0. The Morgan fingerprint density at radius 2 is 2.30 bits per heavy atom. The standard InChI is InChI=1S/C11H14N6O3/c1-2-8-15-9(17-16-8)10(18)14-7(11(19)20)3-6-4-12-5-13-6/h4-5,7H,2-3H2,1H3,(H,12,13)(H,14,18)(H,19,20)(H,15,16,17)/t7-/m1/s1. The number of aromatic nitrogens is 5. The highest BCUT2D eigenvalue weighted by molar-refractivity contribution is 5.93. The fourth-order valence-corrected chi connectivity index (χ4v) is 1.59. The summed E-state index contributed by atoms with van der Waals surface area (Å²) in [4.78, 5) is 33.6. The zero-order chi connectivity index (χ0) is 14.5. The highest BCUT2D eigenvalue weighted by Gasteiger charge is 2.23. The number of aliphatic carboxylic acids is 1. The number of rotatable bonds is 6. The second kappa shape index (κ2) is 5.95. The van der Waals surface area contributed by atoms with Crippen molar-refractivity contribution in [2.75, 3.05) is 0 Å². The molecule has 0 radical (unpaired) electrons. The van der Waals surface area contributed by atoms with E-state index in [4.69, 9.17) is 5.11 Å². The molecule has 2 aromatic rings. The average Bonchev–Trinajstić information content (AvgIpc) is 3.08. The van der Waals surface area contributed by atoms with Crippen LogP contribution in [0, 0.1) is 0 Å². The largest absolute Gasteiger partial charge is 0.480 e. The van der Waals surface area contributed by atoms with Crippen molar-refractivity contribution >= 4 is 11.9 Å². The number of hydrogen-bond acceptors (Lipinski definition) is 5. The second-order valence-electron chi connectivity index (χ2n) is 4.10. The van der Waals surface area contributed by atoms with E-state index in [1.54, 1.807) is 0 Å². The van der Waals surface area contributed by atoms with Gasteiger partial charge in [-0.25, -0.2) is 14.8 Å². The molecule has 2 heterocycles. The number of H-pyrrole nitrogens is 2. The average molecular weight is 278 g/mol. The molecule has 106 valence electrons. The lowest BCUT2D eigenvalue weighted by atomic mass is 10.1. The molecule has 0 aromatic carbocycles. The topological polar surface area (TPSA) is 137 Å². The highest BCUT2D eigenvalue weighted by atomic mass is 16.4. The molecule has 0 aliphatic carbocycles. The minimum atomic E-state index is -1.14. The lowest BCUT2D eigenvalue weighted by molar-refractivity contribution is -0.139. The minimum absolute atomic E-state index is 0.0716. The van der Waals surface area contributed by atoms with Crippen LogP contribution in [0.15, 0.2) is 12.5 Å². The first-order valence-electron chi connectivity index (χ1n) is 6.02. The second-order valence-corrected chi connectivity index (χ2v) is 4.10. The van der Waals surface area contributed by atoms with Crippen molar-refractivity contribution in [2.24, 2.45) is 0 Å². The van der Waals surface area contributed by atoms with E-state index in [1.807, 2.05) is 6.92 Å². The number of amides is 1. The predicted molar refractivity (Wildman–Crippen MR) is 66.9 cm³/mol. The number of hydrogen-bond donors (Lipinski definition) is 4. The van der Waals surface area contributed by atoms with Gasteiger partial charge in [0.25, 0.3) is 5.91 Å². The lowest BCUT2D eigenvalue weighted by Gasteiger charge is -2.12. The SMILES string of the molecule is CCc1nc(C(=O)N[C@H](Cc2cnc[nH]2)C(=O)O)n[nH]1. The van der Waals surface area contributed by atoms with Crippen molar-refractivity contribution in [3.63, 3.8) is 0 Å². The van der Waals surface area contributed by atoms with E-state index in [9.17, 15) is 9.59 Å². The molecule has 0 spiro atoms. The fourth-order valence-electron chi connectivity index (χ4n) is 1.59. The van der Waals surface area contributed by atoms with Crippen molar-refractivity contribution in [3.05, 3.63) is 29.9 Å². The van der Waals surface area contributed by atoms with Gasteiger partial charge in [0.2, 0.25) is 5.82 Å². The molecule has 9 nitrogen and oxygen atoms in total. The van der Waals surface area contributed by atoms with Gasteiger partial charge in [-0.1, -0.05) is 6.92 Å². The molecule has 1 atom stereocenters. The maximum atomic E-state index is 11.9. The Labute approximate surface area is 113 Å². The van der Waals surface area contributed by atoms with Crippen LogP contribution in [0.25, 0.3) is 0 Å². The quantitative estimate of drug-likeness (QED) is 0.563. The van der Waals surface area contributed by atoms with Crippen LogP contribution >= 0.6 is 0 Å². The van der Waals surface area contributed by atoms with E-state index in [0.717, 1.165) is 0 Å². The van der Waals surface area contributed by atoms with E-state index >= 15 is 0 Å². The molecule has 0 fully saturated rings. The molecule has 9 heteroatoms. The molecule has 4 N–H and O–H groups in total. The van der Waals surface area contributed by atoms with Crippen LogP contribution in [0.3, 0.4) is 0 Å². The van der Waals surface area contributed by atoms with Gasteiger partial charge in [0, 0.05) is 24.7 Å². The zero-order valence-corrected chi connectivity index (χ0v) is 10.8. The first-order chi connectivity index (χ1) is 9.60. The summed E-state index contributed by atoms with van der Waals surface area (Å²) in [6.07, 6.45) is 3.66. The van der Waals surface area contributed by atoms with Gasteiger partial charge in [0.1, 0.15) is 11.9 Å². The van der Waals surface area contributed by atoms with Crippen molar-refractivity contribution < 1.29 is 14.7 Å². The third-order valence-electron chi connectivity index (χ3n) is 2.65. The summed E-state index contributed by atoms with van der Waals surface area (Å²) in [5.41, 5.74) is 0.613. The van der Waals surface area contributed by atoms with Crippen LogP contribution in [0.5, 0.6) is 0 Å². The van der Waals surface area contributed by atoms with Crippen LogP contribution in [-0.2, 0) is 17.6 Å². The van der Waals surface area contributed by atoms with Gasteiger partial charge in [0.05, 0.1) is 6.33 Å². The molecule has 0 saturated heterocycles. The van der Waals surface area contributed by atoms with Crippen LogP contribution in [0.4, 0.5) is 0 Å². The van der Waals surface area contributed by atoms with Gasteiger partial charge in [-0.2, -0.15) is 0 Å². The summed E-state index contributed by atoms with van der Waals surface area (Å²) < 4.78 is 0. The van der Waals surface area contributed by atoms with Crippen molar-refractivity contribution in [1.82, 2.24) is 30.5 Å². The number of aryl methyl sites for hydroxylation is 1. The van der Waals surface area contributed by atoms with Crippen LogP contribution in [-0.4, -0.2) is 48.2 Å². The Hall–Kier alpha value is -2.71. The van der Waals surface area contributed by atoms with Crippen molar-refractivity contribution in [3.8, 4) is 0 Å². The van der Waals surface area contributed by atoms with Crippen LogP contribution in [0.1, 0.15) is 29.1 Å². The number of imidazole rings is 1. The first kappa shape index (κ1) is 13.7. The fraction of sp³-hybridized carbons (Fsp3) is 0.364. The van der Waals surface area contributed by atoms with Gasteiger partial charge in [-0.3, -0.25) is 9.89 Å². The molecule has 20 heavy (non-hydrogen) atoms. The smallest absolute Gasteiger partial charge is 0.326 e. The molecule has 1 amide bonds. The number of carboxylic acids is 1. The summed E-state index contributed by atoms with van der Waals surface area (Å²) in [5, 5.41) is 17.8. The number of carbonyl (C=O) groups is 2. The minimum Gasteiger partial charge on any atom is -0.480 e. The van der Waals surface area contributed by atoms with Gasteiger partial charge < -0.3 is 15.4 Å². The van der Waals surface area contributed by atoms with Gasteiger partial charge in [-0.05, 0) is 0 Å².